The largest absolute Gasteiger partial charge is 0.416 e. The van der Waals surface area contributed by atoms with Crippen LogP contribution in [0.2, 0.25) is 0 Å². The molecule has 1 aromatic heterocycles. The Kier molecular flexibility index (Phi) is 7.17. The summed E-state index contributed by atoms with van der Waals surface area (Å²) in [6.45, 7) is 0.953. The van der Waals surface area contributed by atoms with E-state index >= 15 is 0 Å². The third-order valence-corrected chi connectivity index (χ3v) is 8.18. The van der Waals surface area contributed by atoms with Gasteiger partial charge in [-0.2, -0.15) is 13.2 Å². The maximum atomic E-state index is 13.0. The zero-order chi connectivity index (χ0) is 27.0. The number of hydrogen-bond acceptors (Lipinski definition) is 6. The molecule has 2 amide bonds. The molecule has 1 aromatic carbocycles. The molecule has 4 N–H and O–H groups in total. The van der Waals surface area contributed by atoms with Gasteiger partial charge in [-0.25, -0.2) is 9.97 Å². The number of hydrogen-bond donors (Lipinski definition) is 4. The summed E-state index contributed by atoms with van der Waals surface area (Å²) in [5, 5.41) is 20.2. The standard InChI is InChI=1S/C27H32F3N5O3/c28-27(29,30)20-3-1-2-18(12-20)24(37)34-15-22(36)35-25(10-11-31-16-25)19-6-8-26(38,9-7-19)21-13-32-23(33-14-21)17-4-5-17/h1-3,12-14,17,19,31,38H,4-11,15-16H2,(H,34,37)(H,35,36)/t19?,25-,26?/m0/s1. The van der Waals surface area contributed by atoms with Crippen LogP contribution in [0.15, 0.2) is 36.7 Å². The van der Waals surface area contributed by atoms with Crippen LogP contribution in [0.5, 0.6) is 0 Å². The summed E-state index contributed by atoms with van der Waals surface area (Å²) in [4.78, 5) is 34.2. The van der Waals surface area contributed by atoms with Crippen molar-refractivity contribution in [1.29, 1.82) is 0 Å². The van der Waals surface area contributed by atoms with Crippen LogP contribution in [-0.2, 0) is 16.6 Å². The molecule has 5 rings (SSSR count). The van der Waals surface area contributed by atoms with Gasteiger partial charge in [0.1, 0.15) is 5.82 Å². The molecule has 2 aliphatic carbocycles. The lowest BCUT2D eigenvalue weighted by Gasteiger charge is -2.44. The van der Waals surface area contributed by atoms with E-state index < -0.39 is 34.7 Å². The van der Waals surface area contributed by atoms with Crippen LogP contribution in [0.3, 0.4) is 0 Å². The van der Waals surface area contributed by atoms with Crippen LogP contribution in [0, 0.1) is 5.92 Å². The Labute approximate surface area is 218 Å². The Morgan fingerprint density at radius 1 is 1.08 bits per heavy atom. The lowest BCUT2D eigenvalue weighted by atomic mass is 9.68. The second-order valence-electron chi connectivity index (χ2n) is 10.8. The summed E-state index contributed by atoms with van der Waals surface area (Å²) < 4.78 is 38.9. The van der Waals surface area contributed by atoms with E-state index in [4.69, 9.17) is 0 Å². The lowest BCUT2D eigenvalue weighted by molar-refractivity contribution is -0.137. The number of halogens is 3. The zero-order valence-electron chi connectivity index (χ0n) is 21.0. The molecule has 204 valence electrons. The SMILES string of the molecule is O=C(CNC(=O)c1cccc(C(F)(F)F)c1)N[C@@]1(C2CCC(O)(c3cnc(C4CC4)nc3)CC2)CCNC1. The fourth-order valence-corrected chi connectivity index (χ4v) is 5.76. The number of aliphatic hydroxyl groups is 1. The van der Waals surface area contributed by atoms with Gasteiger partial charge in [-0.1, -0.05) is 6.07 Å². The molecule has 1 atom stereocenters. The highest BCUT2D eigenvalue weighted by atomic mass is 19.4. The van der Waals surface area contributed by atoms with Gasteiger partial charge in [0.05, 0.1) is 23.2 Å². The minimum atomic E-state index is -4.56. The number of carbonyl (C=O) groups excluding carboxylic acids is 2. The molecule has 1 aliphatic heterocycles. The van der Waals surface area contributed by atoms with E-state index in [0.717, 1.165) is 49.0 Å². The lowest BCUT2D eigenvalue weighted by Crippen LogP contribution is -2.58. The molecule has 3 fully saturated rings. The quantitative estimate of drug-likeness (QED) is 0.437. The number of aromatic nitrogens is 2. The van der Waals surface area contributed by atoms with Crippen LogP contribution in [0.25, 0.3) is 0 Å². The Morgan fingerprint density at radius 3 is 2.39 bits per heavy atom. The monoisotopic (exact) mass is 531 g/mol. The summed E-state index contributed by atoms with van der Waals surface area (Å²) in [5.41, 5.74) is -1.89. The third-order valence-electron chi connectivity index (χ3n) is 8.18. The maximum Gasteiger partial charge on any atom is 0.416 e. The fourth-order valence-electron chi connectivity index (χ4n) is 5.76. The van der Waals surface area contributed by atoms with E-state index in [2.05, 4.69) is 25.9 Å². The van der Waals surface area contributed by atoms with E-state index in [-0.39, 0.29) is 18.0 Å². The molecular formula is C27H32F3N5O3. The van der Waals surface area contributed by atoms with Crippen LogP contribution in [0.1, 0.15) is 78.2 Å². The van der Waals surface area contributed by atoms with Gasteiger partial charge >= 0.3 is 6.18 Å². The first-order chi connectivity index (χ1) is 18.1. The van der Waals surface area contributed by atoms with Crippen LogP contribution < -0.4 is 16.0 Å². The molecule has 3 aliphatic rings. The number of rotatable bonds is 7. The predicted octanol–water partition coefficient (Wildman–Crippen LogP) is 3.03. The normalized spacial score (nSPS) is 27.6. The van der Waals surface area contributed by atoms with E-state index in [1.807, 2.05) is 0 Å². The number of amides is 2. The summed E-state index contributed by atoms with van der Waals surface area (Å²) in [5.74, 6) is 0.251. The Morgan fingerprint density at radius 2 is 1.79 bits per heavy atom. The van der Waals surface area contributed by atoms with Crippen molar-refractivity contribution in [2.45, 2.75) is 68.2 Å². The van der Waals surface area contributed by atoms with E-state index in [1.165, 1.54) is 6.07 Å². The first kappa shape index (κ1) is 26.6. The number of carbonyl (C=O) groups is 2. The Bertz CT molecular complexity index is 1170. The maximum absolute atomic E-state index is 13.0. The molecule has 2 aromatic rings. The highest BCUT2D eigenvalue weighted by Gasteiger charge is 2.47. The number of nitrogens with zero attached hydrogens (tertiary/aromatic N) is 2. The molecule has 0 radical (unpaired) electrons. The topological polar surface area (TPSA) is 116 Å². The highest BCUT2D eigenvalue weighted by molar-refractivity contribution is 5.96. The van der Waals surface area contributed by atoms with Gasteiger partial charge in [-0.15, -0.1) is 0 Å². The number of benzene rings is 1. The predicted molar refractivity (Wildman–Crippen MR) is 132 cm³/mol. The van der Waals surface area contributed by atoms with Crippen molar-refractivity contribution >= 4 is 11.8 Å². The van der Waals surface area contributed by atoms with E-state index in [0.29, 0.717) is 44.6 Å². The second-order valence-corrected chi connectivity index (χ2v) is 10.8. The van der Waals surface area contributed by atoms with Gasteiger partial charge in [-0.3, -0.25) is 9.59 Å². The van der Waals surface area contributed by atoms with Crippen molar-refractivity contribution in [1.82, 2.24) is 25.9 Å². The molecule has 0 bridgehead atoms. The van der Waals surface area contributed by atoms with E-state index in [9.17, 15) is 27.9 Å². The number of nitrogens with one attached hydrogen (secondary N) is 3. The zero-order valence-corrected chi connectivity index (χ0v) is 21.0. The van der Waals surface area contributed by atoms with Crippen molar-refractivity contribution in [3.63, 3.8) is 0 Å². The van der Waals surface area contributed by atoms with Crippen molar-refractivity contribution in [2.75, 3.05) is 19.6 Å². The van der Waals surface area contributed by atoms with Crippen molar-refractivity contribution in [3.05, 3.63) is 59.2 Å². The van der Waals surface area contributed by atoms with Crippen LogP contribution in [-0.4, -0.2) is 52.1 Å². The third kappa shape index (κ3) is 5.68. The Hall–Kier alpha value is -3.05. The van der Waals surface area contributed by atoms with Gasteiger partial charge in [-0.05, 0) is 75.6 Å². The summed E-state index contributed by atoms with van der Waals surface area (Å²) in [6, 6.07) is 4.10. The summed E-state index contributed by atoms with van der Waals surface area (Å²) in [7, 11) is 0. The molecular weight excluding hydrogens is 499 g/mol. The highest BCUT2D eigenvalue weighted by Crippen LogP contribution is 2.45. The van der Waals surface area contributed by atoms with Gasteiger partial charge in [0.2, 0.25) is 5.91 Å². The fraction of sp³-hybridized carbons (Fsp3) is 0.556. The first-order valence-electron chi connectivity index (χ1n) is 13.1. The van der Waals surface area contributed by atoms with Crippen molar-refractivity contribution in [2.24, 2.45) is 5.92 Å². The first-order valence-corrected chi connectivity index (χ1v) is 13.1. The minimum Gasteiger partial charge on any atom is -0.385 e. The van der Waals surface area contributed by atoms with E-state index in [1.54, 1.807) is 12.4 Å². The molecule has 2 heterocycles. The molecule has 0 spiro atoms. The molecule has 1 saturated heterocycles. The molecule has 0 unspecified atom stereocenters. The van der Waals surface area contributed by atoms with Gasteiger partial charge in [0.15, 0.2) is 0 Å². The van der Waals surface area contributed by atoms with Crippen molar-refractivity contribution < 1.29 is 27.9 Å². The molecule has 8 nitrogen and oxygen atoms in total. The Balaban J connectivity index is 1.18. The average Bonchev–Trinajstić information content (AvgIpc) is 3.66. The molecule has 2 saturated carbocycles. The van der Waals surface area contributed by atoms with Gasteiger partial charge in [0.25, 0.3) is 5.91 Å². The summed E-state index contributed by atoms with van der Waals surface area (Å²) in [6.07, 6.45) is 4.28. The van der Waals surface area contributed by atoms with Crippen molar-refractivity contribution in [3.8, 4) is 0 Å². The molecule has 38 heavy (non-hydrogen) atoms. The second kappa shape index (κ2) is 10.3. The van der Waals surface area contributed by atoms with Crippen LogP contribution >= 0.6 is 0 Å². The minimum absolute atomic E-state index is 0.118. The number of alkyl halides is 3. The van der Waals surface area contributed by atoms with Crippen LogP contribution in [0.4, 0.5) is 13.2 Å². The van der Waals surface area contributed by atoms with Gasteiger partial charge < -0.3 is 21.1 Å². The van der Waals surface area contributed by atoms with Gasteiger partial charge in [0, 0.05) is 36.0 Å². The summed E-state index contributed by atoms with van der Waals surface area (Å²) >= 11 is 0. The average molecular weight is 532 g/mol. The smallest absolute Gasteiger partial charge is 0.385 e. The molecule has 11 heteroatoms.